The molecule has 2 rings (SSSR count). The SMILES string of the molecule is COc1ccc(NC(=O)c2c(F)c(F)c(F)c(F)c2F)c([N+](=O)[O-])c1. The maximum atomic E-state index is 13.6. The Labute approximate surface area is 136 Å². The molecule has 25 heavy (non-hydrogen) atoms. The molecule has 0 bridgehead atoms. The number of benzene rings is 2. The predicted molar refractivity (Wildman–Crippen MR) is 73.8 cm³/mol. The monoisotopic (exact) mass is 362 g/mol. The van der Waals surface area contributed by atoms with E-state index in [0.717, 1.165) is 12.1 Å². The van der Waals surface area contributed by atoms with Gasteiger partial charge in [-0.3, -0.25) is 14.9 Å². The van der Waals surface area contributed by atoms with Crippen LogP contribution in [0, 0.1) is 39.2 Å². The number of anilines is 1. The van der Waals surface area contributed by atoms with Gasteiger partial charge in [0.05, 0.1) is 18.1 Å². The van der Waals surface area contributed by atoms with E-state index in [2.05, 4.69) is 0 Å². The van der Waals surface area contributed by atoms with Gasteiger partial charge in [0.2, 0.25) is 5.82 Å². The first-order valence-corrected chi connectivity index (χ1v) is 6.34. The first-order chi connectivity index (χ1) is 11.7. The van der Waals surface area contributed by atoms with Gasteiger partial charge in [0.15, 0.2) is 23.3 Å². The lowest BCUT2D eigenvalue weighted by atomic mass is 10.1. The number of hydrogen-bond acceptors (Lipinski definition) is 4. The second-order valence-corrected chi connectivity index (χ2v) is 4.54. The molecule has 132 valence electrons. The quantitative estimate of drug-likeness (QED) is 0.297. The number of nitrogens with zero attached hydrogens (tertiary/aromatic N) is 1. The third-order valence-corrected chi connectivity index (χ3v) is 3.09. The average Bonchev–Trinajstić information content (AvgIpc) is 2.58. The number of nitro benzene ring substituents is 1. The molecule has 1 amide bonds. The Bertz CT molecular complexity index is 859. The van der Waals surface area contributed by atoms with Crippen LogP contribution in [0.25, 0.3) is 0 Å². The van der Waals surface area contributed by atoms with Gasteiger partial charge in [-0.05, 0) is 12.1 Å². The van der Waals surface area contributed by atoms with Crippen molar-refractivity contribution in [3.8, 4) is 5.75 Å². The molecule has 0 aliphatic heterocycles. The lowest BCUT2D eigenvalue weighted by molar-refractivity contribution is -0.384. The number of ether oxygens (including phenoxy) is 1. The molecule has 0 heterocycles. The van der Waals surface area contributed by atoms with Crippen molar-refractivity contribution in [3.63, 3.8) is 0 Å². The van der Waals surface area contributed by atoms with E-state index in [0.29, 0.717) is 0 Å². The molecular weight excluding hydrogens is 355 g/mol. The van der Waals surface area contributed by atoms with Crippen LogP contribution in [0.2, 0.25) is 0 Å². The molecule has 0 spiro atoms. The Hall–Kier alpha value is -3.24. The number of carbonyl (C=O) groups excluding carboxylic acids is 1. The van der Waals surface area contributed by atoms with Gasteiger partial charge < -0.3 is 10.1 Å². The number of hydrogen-bond donors (Lipinski definition) is 1. The van der Waals surface area contributed by atoms with Crippen LogP contribution in [0.5, 0.6) is 5.75 Å². The molecule has 2 aromatic carbocycles. The van der Waals surface area contributed by atoms with E-state index in [1.165, 1.54) is 13.2 Å². The molecule has 1 N–H and O–H groups in total. The highest BCUT2D eigenvalue weighted by Crippen LogP contribution is 2.30. The molecule has 2 aromatic rings. The Kier molecular flexibility index (Phi) is 4.86. The number of methoxy groups -OCH3 is 1. The minimum Gasteiger partial charge on any atom is -0.496 e. The van der Waals surface area contributed by atoms with Crippen LogP contribution >= 0.6 is 0 Å². The van der Waals surface area contributed by atoms with Crippen LogP contribution in [-0.2, 0) is 0 Å². The summed E-state index contributed by atoms with van der Waals surface area (Å²) in [5.41, 5.74) is -3.00. The fourth-order valence-corrected chi connectivity index (χ4v) is 1.88. The molecule has 0 saturated carbocycles. The zero-order valence-electron chi connectivity index (χ0n) is 12.2. The van der Waals surface area contributed by atoms with Crippen molar-refractivity contribution in [3.05, 3.63) is 63.0 Å². The third kappa shape index (κ3) is 3.20. The van der Waals surface area contributed by atoms with Crippen LogP contribution in [-0.4, -0.2) is 17.9 Å². The average molecular weight is 362 g/mol. The van der Waals surface area contributed by atoms with Crippen LogP contribution in [0.1, 0.15) is 10.4 Å². The summed E-state index contributed by atoms with van der Waals surface area (Å²) in [6.07, 6.45) is 0. The number of nitro groups is 1. The summed E-state index contributed by atoms with van der Waals surface area (Å²) in [5, 5.41) is 12.7. The van der Waals surface area contributed by atoms with E-state index in [-0.39, 0.29) is 5.75 Å². The summed E-state index contributed by atoms with van der Waals surface area (Å²) < 4.78 is 71.2. The first kappa shape index (κ1) is 18.1. The Balaban J connectivity index is 2.50. The van der Waals surface area contributed by atoms with Gasteiger partial charge in [0, 0.05) is 0 Å². The molecule has 0 saturated heterocycles. The van der Waals surface area contributed by atoms with E-state index in [1.54, 1.807) is 5.32 Å². The minimum atomic E-state index is -2.43. The third-order valence-electron chi connectivity index (χ3n) is 3.09. The predicted octanol–water partition coefficient (Wildman–Crippen LogP) is 3.55. The topological polar surface area (TPSA) is 81.5 Å². The van der Waals surface area contributed by atoms with Crippen molar-refractivity contribution >= 4 is 17.3 Å². The number of amides is 1. The molecule has 0 aliphatic carbocycles. The minimum absolute atomic E-state index is 0.0425. The van der Waals surface area contributed by atoms with Gasteiger partial charge in [-0.1, -0.05) is 0 Å². The van der Waals surface area contributed by atoms with Crippen molar-refractivity contribution in [1.29, 1.82) is 0 Å². The largest absolute Gasteiger partial charge is 0.496 e. The second kappa shape index (κ2) is 6.71. The standard InChI is InChI=1S/C14H7F5N2O4/c1-25-5-2-3-6(7(4-5)21(23)24)20-14(22)8-9(15)11(17)13(19)12(18)10(8)16/h2-4H,1H3,(H,20,22). The smallest absolute Gasteiger partial charge is 0.296 e. The van der Waals surface area contributed by atoms with Crippen molar-refractivity contribution in [1.82, 2.24) is 0 Å². The molecule has 0 radical (unpaired) electrons. The van der Waals surface area contributed by atoms with E-state index in [4.69, 9.17) is 4.74 Å². The normalized spacial score (nSPS) is 10.5. The summed E-state index contributed by atoms with van der Waals surface area (Å²) in [6, 6.07) is 3.05. The van der Waals surface area contributed by atoms with Gasteiger partial charge in [-0.15, -0.1) is 0 Å². The van der Waals surface area contributed by atoms with E-state index in [9.17, 15) is 36.9 Å². The van der Waals surface area contributed by atoms with Crippen LogP contribution in [0.4, 0.5) is 33.3 Å². The zero-order chi connectivity index (χ0) is 18.9. The van der Waals surface area contributed by atoms with E-state index in [1.807, 2.05) is 0 Å². The van der Waals surface area contributed by atoms with Crippen molar-refractivity contribution in [2.24, 2.45) is 0 Å². The molecule has 0 fully saturated rings. The summed E-state index contributed by atoms with van der Waals surface area (Å²) >= 11 is 0. The first-order valence-electron chi connectivity index (χ1n) is 6.34. The van der Waals surface area contributed by atoms with Crippen LogP contribution in [0.3, 0.4) is 0 Å². The highest BCUT2D eigenvalue weighted by Gasteiger charge is 2.30. The Morgan fingerprint density at radius 3 is 2.04 bits per heavy atom. The summed E-state index contributed by atoms with van der Waals surface area (Å²) in [6.45, 7) is 0. The fourth-order valence-electron chi connectivity index (χ4n) is 1.88. The summed E-state index contributed by atoms with van der Waals surface area (Å²) in [7, 11) is 1.21. The van der Waals surface area contributed by atoms with Gasteiger partial charge in [-0.2, -0.15) is 0 Å². The lowest BCUT2D eigenvalue weighted by Crippen LogP contribution is -2.19. The molecule has 0 aromatic heterocycles. The van der Waals surface area contributed by atoms with E-state index < -0.39 is 56.9 Å². The van der Waals surface area contributed by atoms with Gasteiger partial charge in [0.1, 0.15) is 17.0 Å². The summed E-state index contributed by atoms with van der Waals surface area (Å²) in [4.78, 5) is 21.9. The Morgan fingerprint density at radius 2 is 1.56 bits per heavy atom. The molecule has 0 aliphatic rings. The number of rotatable bonds is 4. The van der Waals surface area contributed by atoms with Crippen LogP contribution < -0.4 is 10.1 Å². The van der Waals surface area contributed by atoms with Crippen molar-refractivity contribution in [2.45, 2.75) is 0 Å². The van der Waals surface area contributed by atoms with Gasteiger partial charge in [0.25, 0.3) is 11.6 Å². The number of carbonyl (C=O) groups is 1. The highest BCUT2D eigenvalue weighted by molar-refractivity contribution is 6.05. The maximum absolute atomic E-state index is 13.6. The highest BCUT2D eigenvalue weighted by atomic mass is 19.2. The summed E-state index contributed by atoms with van der Waals surface area (Å²) in [5.74, 6) is -13.5. The molecule has 0 unspecified atom stereocenters. The van der Waals surface area contributed by atoms with Crippen molar-refractivity contribution < 1.29 is 36.4 Å². The maximum Gasteiger partial charge on any atom is 0.296 e. The zero-order valence-corrected chi connectivity index (χ0v) is 12.2. The molecule has 0 atom stereocenters. The van der Waals surface area contributed by atoms with Crippen LogP contribution in [0.15, 0.2) is 18.2 Å². The number of nitrogens with one attached hydrogen (secondary N) is 1. The fraction of sp³-hybridized carbons (Fsp3) is 0.0714. The Morgan fingerprint density at radius 1 is 1.04 bits per heavy atom. The van der Waals surface area contributed by atoms with E-state index >= 15 is 0 Å². The molecule has 11 heteroatoms. The van der Waals surface area contributed by atoms with Gasteiger partial charge in [-0.25, -0.2) is 22.0 Å². The van der Waals surface area contributed by atoms with Gasteiger partial charge >= 0.3 is 0 Å². The molecule has 6 nitrogen and oxygen atoms in total. The second-order valence-electron chi connectivity index (χ2n) is 4.54. The van der Waals surface area contributed by atoms with Crippen molar-refractivity contribution in [2.75, 3.05) is 12.4 Å². The lowest BCUT2D eigenvalue weighted by Gasteiger charge is -2.10. The molecular formula is C14H7F5N2O4. The number of halogens is 5.